The number of hydrogen-bond donors (Lipinski definition) is 2. The Balaban J connectivity index is 0.00000529. The molecule has 0 atom stereocenters. The summed E-state index contributed by atoms with van der Waals surface area (Å²) >= 11 is 0. The van der Waals surface area contributed by atoms with Crippen molar-refractivity contribution in [3.8, 4) is 5.75 Å². The predicted octanol–water partition coefficient (Wildman–Crippen LogP) is 1.86. The van der Waals surface area contributed by atoms with E-state index >= 15 is 0 Å². The molecule has 1 rings (SSSR count). The Bertz CT molecular complexity index is 537. The second kappa shape index (κ2) is 11.7. The smallest absolute Gasteiger partial charge is 0.337 e. The van der Waals surface area contributed by atoms with Gasteiger partial charge in [0.05, 0.1) is 37.6 Å². The highest BCUT2D eigenvalue weighted by molar-refractivity contribution is 5.96. The number of anilines is 1. The standard InChI is InChI=1S/C16H24N2O5.ClH/c1-11(2)23-14-6-5-12(16(20)22-4)9-13(14)18-15(19)10-17-7-8-21-3;/h5-6,9,11,17H,7-8,10H2,1-4H3,(H,18,19);1H. The molecule has 0 spiro atoms. The van der Waals surface area contributed by atoms with Gasteiger partial charge in [-0.3, -0.25) is 4.79 Å². The summed E-state index contributed by atoms with van der Waals surface area (Å²) in [7, 11) is 2.90. The molecule has 0 bridgehead atoms. The minimum atomic E-state index is -0.477. The average Bonchev–Trinajstić information content (AvgIpc) is 2.52. The number of carbonyl (C=O) groups is 2. The zero-order valence-corrected chi connectivity index (χ0v) is 15.2. The molecule has 24 heavy (non-hydrogen) atoms. The lowest BCUT2D eigenvalue weighted by Gasteiger charge is -2.16. The Hall–Kier alpha value is -1.83. The molecule has 1 aromatic carbocycles. The molecule has 0 heterocycles. The van der Waals surface area contributed by atoms with E-state index in [1.54, 1.807) is 19.2 Å². The first-order chi connectivity index (χ1) is 11.0. The Kier molecular flexibility index (Phi) is 10.8. The predicted molar refractivity (Wildman–Crippen MR) is 94.2 cm³/mol. The van der Waals surface area contributed by atoms with E-state index in [9.17, 15) is 9.59 Å². The van der Waals surface area contributed by atoms with Gasteiger partial charge in [0.15, 0.2) is 0 Å². The first-order valence-electron chi connectivity index (χ1n) is 7.36. The van der Waals surface area contributed by atoms with Crippen molar-refractivity contribution in [3.05, 3.63) is 23.8 Å². The monoisotopic (exact) mass is 360 g/mol. The van der Waals surface area contributed by atoms with E-state index in [0.717, 1.165) is 0 Å². The van der Waals surface area contributed by atoms with Crippen molar-refractivity contribution in [1.82, 2.24) is 5.32 Å². The van der Waals surface area contributed by atoms with Crippen molar-refractivity contribution < 1.29 is 23.8 Å². The largest absolute Gasteiger partial charge is 0.489 e. The first kappa shape index (κ1) is 22.2. The quantitative estimate of drug-likeness (QED) is 0.516. The maximum atomic E-state index is 12.0. The van der Waals surface area contributed by atoms with Gasteiger partial charge in [0.2, 0.25) is 5.91 Å². The number of benzene rings is 1. The Labute approximate surface area is 148 Å². The molecule has 0 saturated heterocycles. The summed E-state index contributed by atoms with van der Waals surface area (Å²) in [5.41, 5.74) is 0.770. The summed E-state index contributed by atoms with van der Waals surface area (Å²) in [6.07, 6.45) is -0.0607. The van der Waals surface area contributed by atoms with Gasteiger partial charge in [-0.15, -0.1) is 12.4 Å². The zero-order chi connectivity index (χ0) is 17.2. The Morgan fingerprint density at radius 3 is 2.50 bits per heavy atom. The van der Waals surface area contributed by atoms with Gasteiger partial charge in [-0.1, -0.05) is 0 Å². The number of rotatable bonds is 9. The van der Waals surface area contributed by atoms with Crippen molar-refractivity contribution in [2.45, 2.75) is 20.0 Å². The number of nitrogens with one attached hydrogen (secondary N) is 2. The van der Waals surface area contributed by atoms with E-state index < -0.39 is 5.97 Å². The molecule has 8 heteroatoms. The molecular formula is C16H25ClN2O5. The molecule has 0 fully saturated rings. The van der Waals surface area contributed by atoms with Crippen molar-refractivity contribution in [2.75, 3.05) is 39.2 Å². The van der Waals surface area contributed by atoms with Gasteiger partial charge in [-0.2, -0.15) is 0 Å². The highest BCUT2D eigenvalue weighted by Gasteiger charge is 2.14. The van der Waals surface area contributed by atoms with E-state index in [2.05, 4.69) is 10.6 Å². The molecule has 0 saturated carbocycles. The SMILES string of the molecule is COCCNCC(=O)Nc1cc(C(=O)OC)ccc1OC(C)C.Cl. The maximum absolute atomic E-state index is 12.0. The Morgan fingerprint density at radius 1 is 1.21 bits per heavy atom. The minimum absolute atomic E-state index is 0. The lowest BCUT2D eigenvalue weighted by Crippen LogP contribution is -2.30. The number of esters is 1. The van der Waals surface area contributed by atoms with Crippen LogP contribution in [0.3, 0.4) is 0 Å². The lowest BCUT2D eigenvalue weighted by molar-refractivity contribution is -0.115. The van der Waals surface area contributed by atoms with Crippen LogP contribution in [0.4, 0.5) is 5.69 Å². The van der Waals surface area contributed by atoms with Gasteiger partial charge in [0, 0.05) is 13.7 Å². The molecule has 1 aromatic rings. The van der Waals surface area contributed by atoms with Crippen LogP contribution in [0, 0.1) is 0 Å². The van der Waals surface area contributed by atoms with Crippen LogP contribution < -0.4 is 15.4 Å². The van der Waals surface area contributed by atoms with Crippen LogP contribution >= 0.6 is 12.4 Å². The number of methoxy groups -OCH3 is 2. The van der Waals surface area contributed by atoms with Crippen LogP contribution in [0.15, 0.2) is 18.2 Å². The fourth-order valence-electron chi connectivity index (χ4n) is 1.80. The van der Waals surface area contributed by atoms with Gasteiger partial charge >= 0.3 is 5.97 Å². The van der Waals surface area contributed by atoms with Gasteiger partial charge < -0.3 is 24.8 Å². The molecule has 0 aliphatic carbocycles. The molecule has 0 aliphatic heterocycles. The van der Waals surface area contributed by atoms with E-state index in [0.29, 0.717) is 30.2 Å². The van der Waals surface area contributed by atoms with Crippen molar-refractivity contribution in [2.24, 2.45) is 0 Å². The van der Waals surface area contributed by atoms with Gasteiger partial charge in [-0.05, 0) is 32.0 Å². The fourth-order valence-corrected chi connectivity index (χ4v) is 1.80. The summed E-state index contributed by atoms with van der Waals surface area (Å²) < 4.78 is 15.2. The molecule has 7 nitrogen and oxygen atoms in total. The van der Waals surface area contributed by atoms with E-state index in [1.165, 1.54) is 13.2 Å². The van der Waals surface area contributed by atoms with Gasteiger partial charge in [0.1, 0.15) is 5.75 Å². The first-order valence-corrected chi connectivity index (χ1v) is 7.36. The Morgan fingerprint density at radius 2 is 1.92 bits per heavy atom. The third-order valence-electron chi connectivity index (χ3n) is 2.81. The molecule has 0 unspecified atom stereocenters. The molecule has 0 aliphatic rings. The highest BCUT2D eigenvalue weighted by atomic mass is 35.5. The van der Waals surface area contributed by atoms with E-state index in [1.807, 2.05) is 13.8 Å². The van der Waals surface area contributed by atoms with Crippen molar-refractivity contribution in [3.63, 3.8) is 0 Å². The van der Waals surface area contributed by atoms with E-state index in [-0.39, 0.29) is 31.0 Å². The third-order valence-corrected chi connectivity index (χ3v) is 2.81. The van der Waals surface area contributed by atoms with Gasteiger partial charge in [-0.25, -0.2) is 4.79 Å². The summed E-state index contributed by atoms with van der Waals surface area (Å²) in [4.78, 5) is 23.6. The van der Waals surface area contributed by atoms with Crippen LogP contribution in [-0.2, 0) is 14.3 Å². The lowest BCUT2D eigenvalue weighted by atomic mass is 10.2. The average molecular weight is 361 g/mol. The zero-order valence-electron chi connectivity index (χ0n) is 14.4. The summed E-state index contributed by atoms with van der Waals surface area (Å²) in [5, 5.41) is 5.68. The van der Waals surface area contributed by atoms with Crippen LogP contribution in [-0.4, -0.2) is 51.9 Å². The fraction of sp³-hybridized carbons (Fsp3) is 0.500. The number of hydrogen-bond acceptors (Lipinski definition) is 6. The summed E-state index contributed by atoms with van der Waals surface area (Å²) in [6.45, 7) is 4.99. The minimum Gasteiger partial charge on any atom is -0.489 e. The second-order valence-electron chi connectivity index (χ2n) is 5.09. The number of carbonyl (C=O) groups excluding carboxylic acids is 2. The molecular weight excluding hydrogens is 336 g/mol. The molecule has 1 amide bonds. The van der Waals surface area contributed by atoms with E-state index in [4.69, 9.17) is 14.2 Å². The molecule has 2 N–H and O–H groups in total. The maximum Gasteiger partial charge on any atom is 0.337 e. The van der Waals surface area contributed by atoms with Crippen LogP contribution in [0.25, 0.3) is 0 Å². The van der Waals surface area contributed by atoms with Crippen molar-refractivity contribution in [1.29, 1.82) is 0 Å². The molecule has 0 radical (unpaired) electrons. The normalized spacial score (nSPS) is 10.0. The topological polar surface area (TPSA) is 85.9 Å². The highest BCUT2D eigenvalue weighted by Crippen LogP contribution is 2.27. The number of amides is 1. The van der Waals surface area contributed by atoms with Gasteiger partial charge in [0.25, 0.3) is 0 Å². The summed E-state index contributed by atoms with van der Waals surface area (Å²) in [5.74, 6) is -0.218. The van der Waals surface area contributed by atoms with Crippen LogP contribution in [0.2, 0.25) is 0 Å². The summed E-state index contributed by atoms with van der Waals surface area (Å²) in [6, 6.07) is 4.77. The van der Waals surface area contributed by atoms with Crippen LogP contribution in [0.5, 0.6) is 5.75 Å². The van der Waals surface area contributed by atoms with Crippen LogP contribution in [0.1, 0.15) is 24.2 Å². The second-order valence-corrected chi connectivity index (χ2v) is 5.09. The number of ether oxygens (including phenoxy) is 3. The molecule has 0 aromatic heterocycles. The van der Waals surface area contributed by atoms with Crippen molar-refractivity contribution >= 4 is 30.0 Å². The molecule has 136 valence electrons. The third kappa shape index (κ3) is 7.63. The number of halogens is 1.